The second-order valence-electron chi connectivity index (χ2n) is 5.42. The molecule has 0 saturated carbocycles. The van der Waals surface area contributed by atoms with Gasteiger partial charge in [-0.05, 0) is 57.1 Å². The monoisotopic (exact) mass is 290 g/mol. The first kappa shape index (κ1) is 13.5. The van der Waals surface area contributed by atoms with E-state index in [1.165, 1.54) is 11.7 Å². The number of hydrogen-bond acceptors (Lipinski definition) is 5. The minimum atomic E-state index is -0.0150. The fourth-order valence-corrected chi connectivity index (χ4v) is 3.05. The van der Waals surface area contributed by atoms with Gasteiger partial charge in [0.25, 0.3) is 5.91 Å². The van der Waals surface area contributed by atoms with Crippen LogP contribution in [-0.2, 0) is 0 Å². The van der Waals surface area contributed by atoms with Crippen molar-refractivity contribution in [2.75, 3.05) is 26.7 Å². The van der Waals surface area contributed by atoms with Crippen molar-refractivity contribution in [3.63, 3.8) is 0 Å². The molecule has 3 rings (SSSR count). The van der Waals surface area contributed by atoms with E-state index in [9.17, 15) is 4.79 Å². The average molecular weight is 290 g/mol. The number of amides is 1. The van der Waals surface area contributed by atoms with Crippen LogP contribution in [-0.4, -0.2) is 46.2 Å². The summed E-state index contributed by atoms with van der Waals surface area (Å²) in [7, 11) is 2.14. The zero-order chi connectivity index (χ0) is 13.9. The van der Waals surface area contributed by atoms with Gasteiger partial charge in [-0.15, -0.1) is 0 Å². The Morgan fingerprint density at radius 2 is 2.10 bits per heavy atom. The summed E-state index contributed by atoms with van der Waals surface area (Å²) in [6.45, 7) is 3.01. The van der Waals surface area contributed by atoms with Crippen LogP contribution in [0, 0.1) is 5.92 Å². The van der Waals surface area contributed by atoms with E-state index in [1.54, 1.807) is 0 Å². The van der Waals surface area contributed by atoms with Gasteiger partial charge >= 0.3 is 0 Å². The molecular formula is C14H18N4OS. The lowest BCUT2D eigenvalue weighted by Crippen LogP contribution is -2.36. The van der Waals surface area contributed by atoms with Crippen LogP contribution >= 0.6 is 11.7 Å². The Bertz CT molecular complexity index is 604. The number of aromatic nitrogens is 2. The van der Waals surface area contributed by atoms with E-state index in [-0.39, 0.29) is 5.91 Å². The first-order valence-electron chi connectivity index (χ1n) is 6.91. The number of carbonyl (C=O) groups excluding carboxylic acids is 1. The normalized spacial score (nSPS) is 17.4. The molecule has 1 saturated heterocycles. The minimum Gasteiger partial charge on any atom is -0.352 e. The maximum Gasteiger partial charge on any atom is 0.251 e. The quantitative estimate of drug-likeness (QED) is 0.936. The van der Waals surface area contributed by atoms with Crippen LogP contribution in [0.5, 0.6) is 0 Å². The van der Waals surface area contributed by atoms with Crippen molar-refractivity contribution < 1.29 is 4.79 Å². The molecule has 1 amide bonds. The fraction of sp³-hybridized carbons (Fsp3) is 0.500. The molecule has 2 aromatic rings. The maximum atomic E-state index is 12.2. The van der Waals surface area contributed by atoms with Crippen molar-refractivity contribution in [1.82, 2.24) is 19.0 Å². The maximum absolute atomic E-state index is 12.2. The summed E-state index contributed by atoms with van der Waals surface area (Å²) >= 11 is 1.17. The zero-order valence-corrected chi connectivity index (χ0v) is 12.3. The lowest BCUT2D eigenvalue weighted by atomic mass is 9.97. The average Bonchev–Trinajstić information content (AvgIpc) is 2.93. The van der Waals surface area contributed by atoms with E-state index in [0.29, 0.717) is 11.5 Å². The van der Waals surface area contributed by atoms with E-state index in [2.05, 4.69) is 26.0 Å². The molecule has 20 heavy (non-hydrogen) atoms. The van der Waals surface area contributed by atoms with Crippen LogP contribution in [0.15, 0.2) is 18.2 Å². The van der Waals surface area contributed by atoms with E-state index >= 15 is 0 Å². The third kappa shape index (κ3) is 2.96. The highest BCUT2D eigenvalue weighted by atomic mass is 32.1. The van der Waals surface area contributed by atoms with Gasteiger partial charge in [-0.1, -0.05) is 0 Å². The summed E-state index contributed by atoms with van der Waals surface area (Å²) in [4.78, 5) is 14.5. The number of nitrogens with one attached hydrogen (secondary N) is 1. The number of rotatable bonds is 3. The summed E-state index contributed by atoms with van der Waals surface area (Å²) in [5, 5.41) is 3.04. The molecule has 6 heteroatoms. The van der Waals surface area contributed by atoms with Gasteiger partial charge < -0.3 is 10.2 Å². The van der Waals surface area contributed by atoms with Gasteiger partial charge in [0.15, 0.2) is 0 Å². The summed E-state index contributed by atoms with van der Waals surface area (Å²) in [6, 6.07) is 5.47. The Kier molecular flexibility index (Phi) is 3.93. The van der Waals surface area contributed by atoms with Crippen LogP contribution in [0.4, 0.5) is 0 Å². The largest absolute Gasteiger partial charge is 0.352 e. The third-order valence-electron chi connectivity index (χ3n) is 3.91. The molecule has 1 fully saturated rings. The number of benzene rings is 1. The molecule has 2 heterocycles. The summed E-state index contributed by atoms with van der Waals surface area (Å²) in [6.07, 6.45) is 2.32. The fourth-order valence-electron chi connectivity index (χ4n) is 2.53. The van der Waals surface area contributed by atoms with Crippen LogP contribution in [0.1, 0.15) is 23.2 Å². The molecule has 1 aliphatic rings. The number of hydrogen-bond donors (Lipinski definition) is 1. The lowest BCUT2D eigenvalue weighted by molar-refractivity contribution is 0.0939. The summed E-state index contributed by atoms with van der Waals surface area (Å²) in [5.74, 6) is 0.582. The van der Waals surface area contributed by atoms with Crippen molar-refractivity contribution in [2.45, 2.75) is 12.8 Å². The molecule has 5 nitrogen and oxygen atoms in total. The van der Waals surface area contributed by atoms with Crippen molar-refractivity contribution in [2.24, 2.45) is 5.92 Å². The predicted molar refractivity (Wildman–Crippen MR) is 80.0 cm³/mol. The number of piperidine rings is 1. The second kappa shape index (κ2) is 5.85. The van der Waals surface area contributed by atoms with Gasteiger partial charge in [-0.3, -0.25) is 4.79 Å². The van der Waals surface area contributed by atoms with E-state index in [0.717, 1.165) is 43.5 Å². The van der Waals surface area contributed by atoms with E-state index < -0.39 is 0 Å². The van der Waals surface area contributed by atoms with Crippen molar-refractivity contribution >= 4 is 28.7 Å². The van der Waals surface area contributed by atoms with Gasteiger partial charge in [-0.25, -0.2) is 0 Å². The Morgan fingerprint density at radius 3 is 2.90 bits per heavy atom. The highest BCUT2D eigenvalue weighted by molar-refractivity contribution is 7.00. The number of fused-ring (bicyclic) bond motifs is 1. The van der Waals surface area contributed by atoms with Gasteiger partial charge in [0, 0.05) is 12.1 Å². The first-order chi connectivity index (χ1) is 9.72. The SMILES string of the molecule is CN1CCC(CNC(=O)c2ccc3nsnc3c2)CC1. The van der Waals surface area contributed by atoms with E-state index in [4.69, 9.17) is 0 Å². The number of likely N-dealkylation sites (tertiary alicyclic amines) is 1. The molecule has 0 atom stereocenters. The van der Waals surface area contributed by atoms with Crippen LogP contribution in [0.2, 0.25) is 0 Å². The third-order valence-corrected chi connectivity index (χ3v) is 4.46. The molecular weight excluding hydrogens is 272 g/mol. The molecule has 1 aromatic carbocycles. The highest BCUT2D eigenvalue weighted by Crippen LogP contribution is 2.16. The summed E-state index contributed by atoms with van der Waals surface area (Å²) < 4.78 is 8.30. The van der Waals surface area contributed by atoms with E-state index in [1.807, 2.05) is 18.2 Å². The van der Waals surface area contributed by atoms with Crippen molar-refractivity contribution in [3.8, 4) is 0 Å². The molecule has 0 unspecified atom stereocenters. The Morgan fingerprint density at radius 1 is 1.35 bits per heavy atom. The molecule has 1 aliphatic heterocycles. The molecule has 0 aliphatic carbocycles. The summed E-state index contributed by atoms with van der Waals surface area (Å²) in [5.41, 5.74) is 2.31. The van der Waals surface area contributed by atoms with Gasteiger partial charge in [0.2, 0.25) is 0 Å². The number of nitrogens with zero attached hydrogens (tertiary/aromatic N) is 3. The van der Waals surface area contributed by atoms with Crippen molar-refractivity contribution in [1.29, 1.82) is 0 Å². The zero-order valence-electron chi connectivity index (χ0n) is 11.5. The predicted octanol–water partition coefficient (Wildman–Crippen LogP) is 1.76. The smallest absolute Gasteiger partial charge is 0.251 e. The van der Waals surface area contributed by atoms with Crippen molar-refractivity contribution in [3.05, 3.63) is 23.8 Å². The molecule has 0 bridgehead atoms. The van der Waals surface area contributed by atoms with Gasteiger partial charge in [0.1, 0.15) is 11.0 Å². The first-order valence-corrected chi connectivity index (χ1v) is 7.64. The Balaban J connectivity index is 1.58. The lowest BCUT2D eigenvalue weighted by Gasteiger charge is -2.28. The molecule has 0 radical (unpaired) electrons. The molecule has 106 valence electrons. The second-order valence-corrected chi connectivity index (χ2v) is 5.95. The number of carbonyl (C=O) groups is 1. The molecule has 1 aromatic heterocycles. The van der Waals surface area contributed by atoms with Crippen LogP contribution in [0.25, 0.3) is 11.0 Å². The van der Waals surface area contributed by atoms with Gasteiger partial charge in [-0.2, -0.15) is 8.75 Å². The Hall–Kier alpha value is -1.53. The topological polar surface area (TPSA) is 58.1 Å². The molecule has 1 N–H and O–H groups in total. The van der Waals surface area contributed by atoms with Crippen LogP contribution in [0.3, 0.4) is 0 Å². The van der Waals surface area contributed by atoms with Crippen LogP contribution < -0.4 is 5.32 Å². The minimum absolute atomic E-state index is 0.0150. The highest BCUT2D eigenvalue weighted by Gasteiger charge is 2.17. The van der Waals surface area contributed by atoms with Gasteiger partial charge in [0.05, 0.1) is 11.7 Å². The Labute approximate surface area is 122 Å². The molecule has 0 spiro atoms. The standard InChI is InChI=1S/C14H18N4OS/c1-18-6-4-10(5-7-18)9-15-14(19)11-2-3-12-13(8-11)17-20-16-12/h2-3,8,10H,4-7,9H2,1H3,(H,15,19).